The number of para-hydroxylation sites is 1. The zero-order valence-electron chi connectivity index (χ0n) is 11.9. The summed E-state index contributed by atoms with van der Waals surface area (Å²) in [6.07, 6.45) is 0. The molecular weight excluding hydrogens is 271 g/mol. The zero-order valence-corrected chi connectivity index (χ0v) is 11.9. The molecule has 2 N–H and O–H groups in total. The van der Waals surface area contributed by atoms with Gasteiger partial charge < -0.3 is 24.3 Å². The van der Waals surface area contributed by atoms with E-state index >= 15 is 0 Å². The molecule has 110 valence electrons. The highest BCUT2D eigenvalue weighted by Crippen LogP contribution is 2.37. The zero-order chi connectivity index (χ0) is 15.2. The van der Waals surface area contributed by atoms with Crippen molar-refractivity contribution in [3.05, 3.63) is 48.0 Å². The van der Waals surface area contributed by atoms with Crippen LogP contribution in [0, 0.1) is 0 Å². The van der Waals surface area contributed by atoms with Crippen molar-refractivity contribution in [2.45, 2.75) is 6.61 Å². The summed E-state index contributed by atoms with van der Waals surface area (Å²) in [6, 6.07) is 12.3. The molecule has 0 radical (unpaired) electrons. The minimum atomic E-state index is -1.54. The van der Waals surface area contributed by atoms with Gasteiger partial charge in [-0.2, -0.15) is 0 Å². The molecule has 0 saturated carbocycles. The molecule has 0 aromatic heterocycles. The van der Waals surface area contributed by atoms with Gasteiger partial charge in [-0.15, -0.1) is 0 Å². The first-order valence-corrected chi connectivity index (χ1v) is 6.45. The Kier molecular flexibility index (Phi) is 5.08. The summed E-state index contributed by atoms with van der Waals surface area (Å²) >= 11 is 0. The van der Waals surface area contributed by atoms with Gasteiger partial charge in [-0.1, -0.05) is 30.3 Å². The van der Waals surface area contributed by atoms with Crippen LogP contribution in [0.3, 0.4) is 0 Å². The molecule has 2 rings (SSSR count). The SMILES string of the molecule is COc1cccc(OC)c1OCc1ccccc1B(O)O. The van der Waals surface area contributed by atoms with Crippen LogP contribution in [0.2, 0.25) is 0 Å². The first-order chi connectivity index (χ1) is 10.2. The van der Waals surface area contributed by atoms with Gasteiger partial charge in [0.05, 0.1) is 14.2 Å². The van der Waals surface area contributed by atoms with E-state index in [2.05, 4.69) is 0 Å². The minimum Gasteiger partial charge on any atom is -0.493 e. The molecule has 0 atom stereocenters. The van der Waals surface area contributed by atoms with Crippen LogP contribution in [-0.2, 0) is 6.61 Å². The average Bonchev–Trinajstić information content (AvgIpc) is 2.52. The number of methoxy groups -OCH3 is 2. The Hall–Kier alpha value is -2.18. The standard InChI is InChI=1S/C15H17BO5/c1-19-13-8-5-9-14(20-2)15(13)21-10-11-6-3-4-7-12(11)16(17)18/h3-9,17-18H,10H2,1-2H3. The Morgan fingerprint density at radius 3 is 2.10 bits per heavy atom. The van der Waals surface area contributed by atoms with Crippen LogP contribution in [0.1, 0.15) is 5.56 Å². The molecule has 0 spiro atoms. The van der Waals surface area contributed by atoms with Crippen molar-refractivity contribution in [1.82, 2.24) is 0 Å². The molecule has 2 aromatic rings. The average molecular weight is 288 g/mol. The highest BCUT2D eigenvalue weighted by molar-refractivity contribution is 6.59. The largest absolute Gasteiger partial charge is 0.493 e. The van der Waals surface area contributed by atoms with Crippen LogP contribution in [0.15, 0.2) is 42.5 Å². The highest BCUT2D eigenvalue weighted by Gasteiger charge is 2.17. The Morgan fingerprint density at radius 2 is 1.52 bits per heavy atom. The Bertz CT molecular complexity index is 578. The first kappa shape index (κ1) is 15.2. The van der Waals surface area contributed by atoms with Crippen molar-refractivity contribution in [1.29, 1.82) is 0 Å². The molecule has 0 aliphatic rings. The number of benzene rings is 2. The smallest absolute Gasteiger partial charge is 0.488 e. The maximum absolute atomic E-state index is 9.35. The summed E-state index contributed by atoms with van der Waals surface area (Å²) in [6.45, 7) is 0.171. The van der Waals surface area contributed by atoms with E-state index in [1.807, 2.05) is 6.07 Å². The van der Waals surface area contributed by atoms with Crippen LogP contribution in [0.25, 0.3) is 0 Å². The second-order valence-electron chi connectivity index (χ2n) is 4.35. The molecule has 0 amide bonds. The van der Waals surface area contributed by atoms with E-state index in [4.69, 9.17) is 14.2 Å². The molecule has 0 unspecified atom stereocenters. The Balaban J connectivity index is 2.24. The summed E-state index contributed by atoms with van der Waals surface area (Å²) in [4.78, 5) is 0. The number of rotatable bonds is 6. The number of hydrogen-bond donors (Lipinski definition) is 2. The van der Waals surface area contributed by atoms with Gasteiger partial charge in [0.1, 0.15) is 6.61 Å². The van der Waals surface area contributed by atoms with Crippen LogP contribution in [0.5, 0.6) is 17.2 Å². The lowest BCUT2D eigenvalue weighted by atomic mass is 9.77. The maximum Gasteiger partial charge on any atom is 0.488 e. The molecule has 21 heavy (non-hydrogen) atoms. The lowest BCUT2D eigenvalue weighted by Crippen LogP contribution is -2.33. The third-order valence-electron chi connectivity index (χ3n) is 3.09. The summed E-state index contributed by atoms with van der Waals surface area (Å²) in [5.74, 6) is 1.58. The van der Waals surface area contributed by atoms with E-state index in [1.165, 1.54) is 0 Å². The summed E-state index contributed by atoms with van der Waals surface area (Å²) < 4.78 is 16.3. The first-order valence-electron chi connectivity index (χ1n) is 6.45. The quantitative estimate of drug-likeness (QED) is 0.775. The van der Waals surface area contributed by atoms with E-state index in [-0.39, 0.29) is 6.61 Å². The molecule has 6 heteroatoms. The highest BCUT2D eigenvalue weighted by atomic mass is 16.5. The lowest BCUT2D eigenvalue weighted by Gasteiger charge is -2.15. The topological polar surface area (TPSA) is 68.2 Å². The van der Waals surface area contributed by atoms with Gasteiger partial charge in [0, 0.05) is 0 Å². The van der Waals surface area contributed by atoms with Crippen molar-refractivity contribution in [3.63, 3.8) is 0 Å². The third-order valence-corrected chi connectivity index (χ3v) is 3.09. The molecule has 0 bridgehead atoms. The van der Waals surface area contributed by atoms with E-state index in [0.29, 0.717) is 28.3 Å². The normalized spacial score (nSPS) is 10.1. The molecule has 0 aliphatic heterocycles. The van der Waals surface area contributed by atoms with Gasteiger partial charge in [-0.25, -0.2) is 0 Å². The maximum atomic E-state index is 9.35. The van der Waals surface area contributed by atoms with Gasteiger partial charge >= 0.3 is 7.12 Å². The number of hydrogen-bond acceptors (Lipinski definition) is 5. The summed E-state index contributed by atoms with van der Waals surface area (Å²) in [7, 11) is 1.56. The van der Waals surface area contributed by atoms with Crippen molar-refractivity contribution < 1.29 is 24.3 Å². The predicted octanol–water partition coefficient (Wildman–Crippen LogP) is 0.963. The predicted molar refractivity (Wildman–Crippen MR) is 80.1 cm³/mol. The van der Waals surface area contributed by atoms with Crippen molar-refractivity contribution in [2.24, 2.45) is 0 Å². The van der Waals surface area contributed by atoms with Gasteiger partial charge in [0.15, 0.2) is 11.5 Å². The monoisotopic (exact) mass is 288 g/mol. The molecule has 0 saturated heterocycles. The van der Waals surface area contributed by atoms with Gasteiger partial charge in [0.2, 0.25) is 5.75 Å². The van der Waals surface area contributed by atoms with E-state index in [1.54, 1.807) is 50.6 Å². The fourth-order valence-electron chi connectivity index (χ4n) is 2.03. The minimum absolute atomic E-state index is 0.171. The van der Waals surface area contributed by atoms with Crippen LogP contribution in [0.4, 0.5) is 0 Å². The molecule has 0 fully saturated rings. The molecule has 2 aromatic carbocycles. The van der Waals surface area contributed by atoms with Gasteiger partial charge in [0.25, 0.3) is 0 Å². The van der Waals surface area contributed by atoms with E-state index in [0.717, 1.165) is 0 Å². The Morgan fingerprint density at radius 1 is 0.905 bits per heavy atom. The van der Waals surface area contributed by atoms with Crippen molar-refractivity contribution in [3.8, 4) is 17.2 Å². The Labute approximate surface area is 123 Å². The second-order valence-corrected chi connectivity index (χ2v) is 4.35. The van der Waals surface area contributed by atoms with Crippen molar-refractivity contribution >= 4 is 12.6 Å². The molecule has 0 heterocycles. The lowest BCUT2D eigenvalue weighted by molar-refractivity contribution is 0.266. The second kappa shape index (κ2) is 7.01. The summed E-state index contributed by atoms with van der Waals surface area (Å²) in [5.41, 5.74) is 1.09. The molecule has 0 aliphatic carbocycles. The van der Waals surface area contributed by atoms with Crippen LogP contribution in [-0.4, -0.2) is 31.4 Å². The van der Waals surface area contributed by atoms with E-state index in [9.17, 15) is 10.0 Å². The van der Waals surface area contributed by atoms with E-state index < -0.39 is 7.12 Å². The number of ether oxygens (including phenoxy) is 3. The third kappa shape index (κ3) is 3.48. The molecule has 5 nitrogen and oxygen atoms in total. The van der Waals surface area contributed by atoms with Crippen molar-refractivity contribution in [2.75, 3.05) is 14.2 Å². The molecular formula is C15H17BO5. The van der Waals surface area contributed by atoms with Gasteiger partial charge in [-0.3, -0.25) is 0 Å². The fourth-order valence-corrected chi connectivity index (χ4v) is 2.03. The summed E-state index contributed by atoms with van der Waals surface area (Å²) in [5, 5.41) is 18.7. The fraction of sp³-hybridized carbons (Fsp3) is 0.200. The van der Waals surface area contributed by atoms with Gasteiger partial charge in [-0.05, 0) is 23.2 Å². The van der Waals surface area contributed by atoms with Crippen LogP contribution >= 0.6 is 0 Å². The van der Waals surface area contributed by atoms with Crippen LogP contribution < -0.4 is 19.7 Å².